The molecule has 0 heterocycles. The monoisotopic (exact) mass is 220 g/mol. The van der Waals surface area contributed by atoms with E-state index in [1.54, 1.807) is 0 Å². The predicted octanol–water partition coefficient (Wildman–Crippen LogP) is 2.79. The molecular formula is C13H20N2O. The first-order valence-electron chi connectivity index (χ1n) is 5.59. The maximum atomic E-state index is 7.28. The molecule has 1 aromatic carbocycles. The third-order valence-corrected chi connectivity index (χ3v) is 2.40. The highest BCUT2D eigenvalue weighted by molar-refractivity contribution is 5.77. The van der Waals surface area contributed by atoms with E-state index in [0.717, 1.165) is 12.2 Å². The van der Waals surface area contributed by atoms with Gasteiger partial charge in [0.2, 0.25) is 0 Å². The molecule has 1 unspecified atom stereocenters. The highest BCUT2D eigenvalue weighted by atomic mass is 16.5. The van der Waals surface area contributed by atoms with Gasteiger partial charge in [-0.05, 0) is 43.5 Å². The number of hydrogen-bond acceptors (Lipinski definition) is 2. The zero-order valence-electron chi connectivity index (χ0n) is 10.2. The van der Waals surface area contributed by atoms with Crippen molar-refractivity contribution in [2.75, 3.05) is 0 Å². The lowest BCUT2D eigenvalue weighted by Crippen LogP contribution is -2.23. The van der Waals surface area contributed by atoms with Crippen LogP contribution < -0.4 is 10.5 Å². The van der Waals surface area contributed by atoms with Crippen LogP contribution in [0.25, 0.3) is 0 Å². The van der Waals surface area contributed by atoms with Crippen LogP contribution in [0.4, 0.5) is 0 Å². The maximum absolute atomic E-state index is 7.28. The Morgan fingerprint density at radius 1 is 1.31 bits per heavy atom. The van der Waals surface area contributed by atoms with Gasteiger partial charge in [0, 0.05) is 6.42 Å². The van der Waals surface area contributed by atoms with Crippen LogP contribution in [0.1, 0.15) is 30.9 Å². The summed E-state index contributed by atoms with van der Waals surface area (Å²) in [6, 6.07) is 6.13. The Kier molecular flexibility index (Phi) is 4.35. The molecule has 0 saturated heterocycles. The van der Waals surface area contributed by atoms with Crippen LogP contribution in [0.2, 0.25) is 0 Å². The molecule has 3 N–H and O–H groups in total. The summed E-state index contributed by atoms with van der Waals surface area (Å²) in [4.78, 5) is 0. The van der Waals surface area contributed by atoms with E-state index in [1.165, 1.54) is 11.1 Å². The molecule has 0 bridgehead atoms. The molecule has 16 heavy (non-hydrogen) atoms. The minimum atomic E-state index is -0.00120. The smallest absolute Gasteiger partial charge is 0.120 e. The number of nitrogens with two attached hydrogens (primary N) is 1. The normalized spacial score (nSPS) is 12.2. The molecule has 0 radical (unpaired) electrons. The first-order chi connectivity index (χ1) is 7.51. The minimum absolute atomic E-state index is 0.00120. The molecule has 3 nitrogen and oxygen atoms in total. The number of hydrogen-bond donors (Lipinski definition) is 2. The highest BCUT2D eigenvalue weighted by Crippen LogP contribution is 2.19. The molecule has 1 aromatic rings. The predicted molar refractivity (Wildman–Crippen MR) is 67.2 cm³/mol. The van der Waals surface area contributed by atoms with Gasteiger partial charge in [-0.1, -0.05) is 13.0 Å². The molecule has 0 fully saturated rings. The molecule has 0 saturated carbocycles. The van der Waals surface area contributed by atoms with Crippen molar-refractivity contribution in [1.82, 2.24) is 0 Å². The van der Waals surface area contributed by atoms with Crippen molar-refractivity contribution in [1.29, 1.82) is 5.41 Å². The van der Waals surface area contributed by atoms with Crippen molar-refractivity contribution in [2.45, 2.75) is 39.7 Å². The summed E-state index contributed by atoms with van der Waals surface area (Å²) in [5.41, 5.74) is 7.76. The summed E-state index contributed by atoms with van der Waals surface area (Å²) >= 11 is 0. The minimum Gasteiger partial charge on any atom is -0.490 e. The Morgan fingerprint density at radius 3 is 2.31 bits per heavy atom. The Morgan fingerprint density at radius 2 is 1.88 bits per heavy atom. The quantitative estimate of drug-likeness (QED) is 0.592. The van der Waals surface area contributed by atoms with Gasteiger partial charge < -0.3 is 10.5 Å². The largest absolute Gasteiger partial charge is 0.490 e. The van der Waals surface area contributed by atoms with Gasteiger partial charge in [-0.3, -0.25) is 5.41 Å². The Bertz CT molecular complexity index is 354. The fourth-order valence-electron chi connectivity index (χ4n) is 1.71. The Labute approximate surface area is 97.1 Å². The van der Waals surface area contributed by atoms with Gasteiger partial charge in [-0.25, -0.2) is 0 Å². The molecule has 0 aliphatic rings. The number of aryl methyl sites for hydroxylation is 2. The first-order valence-corrected chi connectivity index (χ1v) is 5.59. The van der Waals surface area contributed by atoms with E-state index in [0.29, 0.717) is 6.42 Å². The Hall–Kier alpha value is -1.51. The number of nitrogens with one attached hydrogen (secondary N) is 1. The molecule has 1 atom stereocenters. The molecule has 3 heteroatoms. The standard InChI is InChI=1S/C13H20N2O/c1-4-11(8-13(14)15)16-12-6-9(2)5-10(3)7-12/h5-7,11H,4,8H2,1-3H3,(H3,14,15). The van der Waals surface area contributed by atoms with Crippen LogP contribution in [0.5, 0.6) is 5.75 Å². The fourth-order valence-corrected chi connectivity index (χ4v) is 1.71. The van der Waals surface area contributed by atoms with Crippen LogP contribution in [-0.4, -0.2) is 11.9 Å². The van der Waals surface area contributed by atoms with Crippen LogP contribution in [0.3, 0.4) is 0 Å². The summed E-state index contributed by atoms with van der Waals surface area (Å²) in [7, 11) is 0. The summed E-state index contributed by atoms with van der Waals surface area (Å²) in [5.74, 6) is 1.04. The van der Waals surface area contributed by atoms with E-state index in [4.69, 9.17) is 15.9 Å². The summed E-state index contributed by atoms with van der Waals surface area (Å²) in [6.45, 7) is 6.13. The lowest BCUT2D eigenvalue weighted by atomic mass is 10.1. The van der Waals surface area contributed by atoms with Crippen molar-refractivity contribution in [3.8, 4) is 5.75 Å². The number of rotatable bonds is 5. The topological polar surface area (TPSA) is 59.1 Å². The van der Waals surface area contributed by atoms with Crippen LogP contribution in [0.15, 0.2) is 18.2 Å². The van der Waals surface area contributed by atoms with Gasteiger partial charge in [0.05, 0.1) is 5.84 Å². The van der Waals surface area contributed by atoms with E-state index in [1.807, 2.05) is 32.9 Å². The average Bonchev–Trinajstić information content (AvgIpc) is 2.14. The van der Waals surface area contributed by atoms with E-state index in [9.17, 15) is 0 Å². The molecule has 1 rings (SSSR count). The van der Waals surface area contributed by atoms with Gasteiger partial charge in [0.1, 0.15) is 11.9 Å². The second-order valence-corrected chi connectivity index (χ2v) is 4.20. The van der Waals surface area contributed by atoms with Crippen molar-refractivity contribution in [2.24, 2.45) is 5.73 Å². The highest BCUT2D eigenvalue weighted by Gasteiger charge is 2.10. The summed E-state index contributed by atoms with van der Waals surface area (Å²) < 4.78 is 5.82. The van der Waals surface area contributed by atoms with Gasteiger partial charge in [-0.2, -0.15) is 0 Å². The van der Waals surface area contributed by atoms with Gasteiger partial charge in [0.15, 0.2) is 0 Å². The summed E-state index contributed by atoms with van der Waals surface area (Å²) in [6.07, 6.45) is 1.34. The van der Waals surface area contributed by atoms with E-state index < -0.39 is 0 Å². The molecule has 0 aromatic heterocycles. The second-order valence-electron chi connectivity index (χ2n) is 4.20. The van der Waals surface area contributed by atoms with Crippen LogP contribution >= 0.6 is 0 Å². The average molecular weight is 220 g/mol. The van der Waals surface area contributed by atoms with E-state index in [-0.39, 0.29) is 11.9 Å². The van der Waals surface area contributed by atoms with Crippen molar-refractivity contribution >= 4 is 5.84 Å². The van der Waals surface area contributed by atoms with Gasteiger partial charge in [0.25, 0.3) is 0 Å². The number of benzene rings is 1. The van der Waals surface area contributed by atoms with Crippen molar-refractivity contribution in [3.63, 3.8) is 0 Å². The van der Waals surface area contributed by atoms with E-state index >= 15 is 0 Å². The molecule has 0 amide bonds. The molecule has 0 spiro atoms. The lowest BCUT2D eigenvalue weighted by molar-refractivity contribution is 0.204. The van der Waals surface area contributed by atoms with Gasteiger partial charge in [-0.15, -0.1) is 0 Å². The Balaban J connectivity index is 2.73. The molecule has 0 aliphatic heterocycles. The number of amidine groups is 1. The number of ether oxygens (including phenoxy) is 1. The fraction of sp³-hybridized carbons (Fsp3) is 0.462. The molecule has 88 valence electrons. The third kappa shape index (κ3) is 3.93. The van der Waals surface area contributed by atoms with Crippen molar-refractivity contribution < 1.29 is 4.74 Å². The molecule has 0 aliphatic carbocycles. The zero-order valence-corrected chi connectivity index (χ0v) is 10.2. The lowest BCUT2D eigenvalue weighted by Gasteiger charge is -2.17. The van der Waals surface area contributed by atoms with Crippen LogP contribution in [-0.2, 0) is 0 Å². The van der Waals surface area contributed by atoms with Crippen LogP contribution in [0, 0.1) is 19.3 Å². The maximum Gasteiger partial charge on any atom is 0.120 e. The third-order valence-electron chi connectivity index (χ3n) is 2.40. The summed E-state index contributed by atoms with van der Waals surface area (Å²) in [5, 5.41) is 7.28. The van der Waals surface area contributed by atoms with Crippen molar-refractivity contribution in [3.05, 3.63) is 29.3 Å². The SMILES string of the molecule is CCC(CC(=N)N)Oc1cc(C)cc(C)c1. The molecular weight excluding hydrogens is 200 g/mol. The zero-order chi connectivity index (χ0) is 12.1. The second kappa shape index (κ2) is 5.54. The first kappa shape index (κ1) is 12.6. The van der Waals surface area contributed by atoms with Gasteiger partial charge >= 0.3 is 0 Å². The van der Waals surface area contributed by atoms with E-state index in [2.05, 4.69) is 6.07 Å².